The zero-order chi connectivity index (χ0) is 16.0. The molecule has 0 rings (SSSR count). The van der Waals surface area contributed by atoms with E-state index >= 15 is 0 Å². The smallest absolute Gasteiger partial charge is 0.215 e. The summed E-state index contributed by atoms with van der Waals surface area (Å²) in [6.07, 6.45) is 4.00. The minimum atomic E-state index is -4.92. The van der Waals surface area contributed by atoms with Crippen LogP contribution in [0, 0.1) is 0 Å². The number of hydrogen-bond acceptors (Lipinski definition) is 4. The lowest BCUT2D eigenvalue weighted by Crippen LogP contribution is -2.27. The molecule has 0 unspecified atom stereocenters. The average Bonchev–Trinajstić information content (AvgIpc) is 1.96. The summed E-state index contributed by atoms with van der Waals surface area (Å²) in [4.78, 5) is 2.00. The molecule has 0 spiro atoms. The SMILES string of the molecule is CC=CC.CN(C)C.C[N+](C)(C)C.O=S(=O)([O-])O. The summed E-state index contributed by atoms with van der Waals surface area (Å²) in [5.41, 5.74) is 0. The molecule has 0 aliphatic rings. The fourth-order valence-corrected chi connectivity index (χ4v) is 0. The van der Waals surface area contributed by atoms with Crippen molar-refractivity contribution >= 4 is 10.4 Å². The highest BCUT2D eigenvalue weighted by Gasteiger charge is 1.88. The van der Waals surface area contributed by atoms with Gasteiger partial charge in [0.1, 0.15) is 0 Å². The van der Waals surface area contributed by atoms with Gasteiger partial charge < -0.3 is 13.9 Å². The lowest BCUT2D eigenvalue weighted by Gasteiger charge is -2.14. The van der Waals surface area contributed by atoms with Crippen molar-refractivity contribution in [2.24, 2.45) is 0 Å². The van der Waals surface area contributed by atoms with Crippen LogP contribution in [0.3, 0.4) is 0 Å². The Morgan fingerprint density at radius 2 is 1.06 bits per heavy atom. The molecule has 0 aliphatic heterocycles. The molecule has 0 fully saturated rings. The first kappa shape index (κ1) is 26.2. The summed E-state index contributed by atoms with van der Waals surface area (Å²) in [5.74, 6) is 0. The van der Waals surface area contributed by atoms with Crippen molar-refractivity contribution in [3.05, 3.63) is 12.2 Å². The Morgan fingerprint density at radius 1 is 1.00 bits per heavy atom. The van der Waals surface area contributed by atoms with Crippen LogP contribution in [0.1, 0.15) is 13.8 Å². The molecule has 0 atom stereocenters. The molecule has 7 heteroatoms. The van der Waals surface area contributed by atoms with Gasteiger partial charge in [-0.25, -0.2) is 8.42 Å². The van der Waals surface area contributed by atoms with Crippen LogP contribution in [-0.4, -0.2) is 76.2 Å². The molecule has 0 radical (unpaired) electrons. The molecular formula is C11H30N2O4S. The van der Waals surface area contributed by atoms with Gasteiger partial charge in [-0.3, -0.25) is 4.55 Å². The number of rotatable bonds is 0. The van der Waals surface area contributed by atoms with Crippen LogP contribution in [0.15, 0.2) is 12.2 Å². The first-order valence-electron chi connectivity index (χ1n) is 5.30. The topological polar surface area (TPSA) is 80.7 Å². The molecule has 0 aromatic carbocycles. The van der Waals surface area contributed by atoms with Crippen molar-refractivity contribution in [2.45, 2.75) is 13.8 Å². The van der Waals surface area contributed by atoms with Crippen molar-refractivity contribution in [1.29, 1.82) is 0 Å². The normalized spacial score (nSPS) is 10.7. The lowest BCUT2D eigenvalue weighted by molar-refractivity contribution is -0.849. The Balaban J connectivity index is -0.0000000731. The van der Waals surface area contributed by atoms with Gasteiger partial charge in [-0.05, 0) is 35.0 Å². The van der Waals surface area contributed by atoms with Gasteiger partial charge in [-0.1, -0.05) is 12.2 Å². The summed E-state index contributed by atoms with van der Waals surface area (Å²) in [7, 11) is 9.58. The molecule has 1 N–H and O–H groups in total. The molecule has 18 heavy (non-hydrogen) atoms. The summed E-state index contributed by atoms with van der Waals surface area (Å²) in [6, 6.07) is 0. The second-order valence-electron chi connectivity index (χ2n) is 5.12. The molecule has 0 saturated carbocycles. The van der Waals surface area contributed by atoms with Crippen LogP contribution in [0.4, 0.5) is 0 Å². The van der Waals surface area contributed by atoms with Gasteiger partial charge in [0.25, 0.3) is 0 Å². The van der Waals surface area contributed by atoms with E-state index in [0.717, 1.165) is 4.48 Å². The van der Waals surface area contributed by atoms with Gasteiger partial charge in [-0.15, -0.1) is 0 Å². The van der Waals surface area contributed by atoms with Crippen LogP contribution >= 0.6 is 0 Å². The van der Waals surface area contributed by atoms with Crippen molar-refractivity contribution in [2.75, 3.05) is 49.3 Å². The first-order valence-corrected chi connectivity index (χ1v) is 6.67. The molecular weight excluding hydrogens is 256 g/mol. The molecule has 114 valence electrons. The maximum atomic E-state index is 8.63. The largest absolute Gasteiger partial charge is 0.726 e. The molecule has 0 bridgehead atoms. The highest BCUT2D eigenvalue weighted by molar-refractivity contribution is 7.79. The third-order valence-electron chi connectivity index (χ3n) is 0.333. The van der Waals surface area contributed by atoms with Crippen LogP contribution in [-0.2, 0) is 10.4 Å². The van der Waals surface area contributed by atoms with Gasteiger partial charge in [-0.2, -0.15) is 0 Å². The number of hydrogen-bond donors (Lipinski definition) is 1. The molecule has 0 amide bonds. The van der Waals surface area contributed by atoms with E-state index < -0.39 is 10.4 Å². The van der Waals surface area contributed by atoms with Crippen molar-refractivity contribution in [3.8, 4) is 0 Å². The van der Waals surface area contributed by atoms with Gasteiger partial charge in [0.15, 0.2) is 0 Å². The van der Waals surface area contributed by atoms with Crippen molar-refractivity contribution < 1.29 is 22.0 Å². The summed E-state index contributed by atoms with van der Waals surface area (Å²) in [5, 5.41) is 0. The Hall–Kier alpha value is -0.470. The van der Waals surface area contributed by atoms with E-state index in [1.165, 1.54) is 0 Å². The number of quaternary nitrogens is 1. The van der Waals surface area contributed by atoms with E-state index in [4.69, 9.17) is 17.5 Å². The average molecular weight is 286 g/mol. The van der Waals surface area contributed by atoms with Crippen LogP contribution in [0.2, 0.25) is 0 Å². The van der Waals surface area contributed by atoms with Gasteiger partial charge >= 0.3 is 0 Å². The monoisotopic (exact) mass is 286 g/mol. The van der Waals surface area contributed by atoms with E-state index in [1.54, 1.807) is 0 Å². The minimum Gasteiger partial charge on any atom is -0.726 e. The maximum Gasteiger partial charge on any atom is 0.215 e. The fourth-order valence-electron chi connectivity index (χ4n) is 0. The standard InChI is InChI=1S/C4H12N.C4H8.C3H9N.H2O4S/c1-5(2,3)4;1-3-4-2;1-4(2)3;1-5(2,3)4/h1-4H3;3-4H,1-2H3;1-3H3;(H2,1,2,3,4)/q+1;;;/p-1. The Bertz CT molecular complexity index is 247. The first-order chi connectivity index (χ1) is 7.65. The highest BCUT2D eigenvalue weighted by atomic mass is 32.3. The predicted molar refractivity (Wildman–Crippen MR) is 76.4 cm³/mol. The van der Waals surface area contributed by atoms with Crippen LogP contribution < -0.4 is 0 Å². The Labute approximate surface area is 113 Å². The van der Waals surface area contributed by atoms with Crippen molar-refractivity contribution in [3.63, 3.8) is 0 Å². The fraction of sp³-hybridized carbons (Fsp3) is 0.818. The molecule has 0 aromatic heterocycles. The predicted octanol–water partition coefficient (Wildman–Crippen LogP) is 1.09. The molecule has 0 aliphatic carbocycles. The van der Waals surface area contributed by atoms with Crippen molar-refractivity contribution in [1.82, 2.24) is 4.90 Å². The zero-order valence-electron chi connectivity index (χ0n) is 13.1. The quantitative estimate of drug-likeness (QED) is 0.312. The van der Waals surface area contributed by atoms with Crippen LogP contribution in [0.5, 0.6) is 0 Å². The molecule has 0 heterocycles. The molecule has 6 nitrogen and oxygen atoms in total. The Morgan fingerprint density at radius 3 is 1.06 bits per heavy atom. The second kappa shape index (κ2) is 14.6. The zero-order valence-corrected chi connectivity index (χ0v) is 13.9. The number of allylic oxidation sites excluding steroid dienone is 2. The van der Waals surface area contributed by atoms with E-state index in [9.17, 15) is 0 Å². The van der Waals surface area contributed by atoms with Gasteiger partial charge in [0.05, 0.1) is 28.2 Å². The third-order valence-corrected chi connectivity index (χ3v) is 0.333. The molecule has 0 saturated heterocycles. The summed E-state index contributed by atoms with van der Waals surface area (Å²) < 4.78 is 33.8. The van der Waals surface area contributed by atoms with E-state index in [0.29, 0.717) is 0 Å². The highest BCUT2D eigenvalue weighted by Crippen LogP contribution is 1.73. The van der Waals surface area contributed by atoms with E-state index in [1.807, 2.05) is 52.0 Å². The van der Waals surface area contributed by atoms with Gasteiger partial charge in [0.2, 0.25) is 10.4 Å². The second-order valence-corrected chi connectivity index (χ2v) is 5.97. The molecule has 0 aromatic rings. The van der Waals surface area contributed by atoms with E-state index in [-0.39, 0.29) is 0 Å². The number of nitrogens with zero attached hydrogens (tertiary/aromatic N) is 2. The summed E-state index contributed by atoms with van der Waals surface area (Å²) >= 11 is 0. The van der Waals surface area contributed by atoms with Gasteiger partial charge in [0, 0.05) is 0 Å². The minimum absolute atomic E-state index is 1.00. The summed E-state index contributed by atoms with van der Waals surface area (Å²) in [6.45, 7) is 4.00. The van der Waals surface area contributed by atoms with E-state index in [2.05, 4.69) is 28.2 Å². The Kier molecular flexibility index (Phi) is 21.2. The maximum absolute atomic E-state index is 8.63. The lowest BCUT2D eigenvalue weighted by atomic mass is 10.6. The third kappa shape index (κ3) is 11700. The van der Waals surface area contributed by atoms with Crippen LogP contribution in [0.25, 0.3) is 0 Å².